The Bertz CT molecular complexity index is 587. The van der Waals surface area contributed by atoms with E-state index >= 15 is 0 Å². The Labute approximate surface area is 158 Å². The molecule has 2 heterocycles. The number of aliphatic imine (C=N–C) groups is 1. The van der Waals surface area contributed by atoms with Crippen LogP contribution in [-0.2, 0) is 17.8 Å². The van der Waals surface area contributed by atoms with Crippen molar-refractivity contribution in [2.75, 3.05) is 46.4 Å². The van der Waals surface area contributed by atoms with Gasteiger partial charge in [-0.15, -0.1) is 0 Å². The van der Waals surface area contributed by atoms with Crippen molar-refractivity contribution < 1.29 is 4.74 Å². The number of nitrogens with one attached hydrogen (secondary N) is 1. The first-order valence-electron chi connectivity index (χ1n) is 9.97. The SMILES string of the molecule is CN=C(NCc1cccc(CN2CCOCC2)c1)N1CC(C)CC(C)C1. The van der Waals surface area contributed by atoms with E-state index in [1.54, 1.807) is 0 Å². The first-order chi connectivity index (χ1) is 12.6. The van der Waals surface area contributed by atoms with Crippen molar-refractivity contribution in [2.45, 2.75) is 33.4 Å². The molecule has 1 aromatic carbocycles. The van der Waals surface area contributed by atoms with Gasteiger partial charge in [-0.3, -0.25) is 9.89 Å². The summed E-state index contributed by atoms with van der Waals surface area (Å²) in [6.07, 6.45) is 1.32. The average molecular weight is 359 g/mol. The zero-order chi connectivity index (χ0) is 18.4. The summed E-state index contributed by atoms with van der Waals surface area (Å²) in [5, 5.41) is 3.57. The molecule has 2 saturated heterocycles. The van der Waals surface area contributed by atoms with E-state index in [9.17, 15) is 0 Å². The number of morpholine rings is 1. The third-order valence-electron chi connectivity index (χ3n) is 5.33. The summed E-state index contributed by atoms with van der Waals surface area (Å²) in [5.74, 6) is 2.49. The molecule has 26 heavy (non-hydrogen) atoms. The zero-order valence-electron chi connectivity index (χ0n) is 16.6. The van der Waals surface area contributed by atoms with Crippen LogP contribution in [0.3, 0.4) is 0 Å². The fourth-order valence-corrected chi connectivity index (χ4v) is 4.20. The highest BCUT2D eigenvalue weighted by Gasteiger charge is 2.23. The van der Waals surface area contributed by atoms with E-state index in [0.717, 1.165) is 70.3 Å². The van der Waals surface area contributed by atoms with E-state index in [1.807, 2.05) is 7.05 Å². The number of ether oxygens (including phenoxy) is 1. The third-order valence-corrected chi connectivity index (χ3v) is 5.33. The van der Waals surface area contributed by atoms with Crippen molar-refractivity contribution in [3.05, 3.63) is 35.4 Å². The van der Waals surface area contributed by atoms with E-state index in [2.05, 4.69) is 58.2 Å². The molecule has 0 spiro atoms. The summed E-state index contributed by atoms with van der Waals surface area (Å²) in [6.45, 7) is 12.5. The van der Waals surface area contributed by atoms with Gasteiger partial charge in [0.2, 0.25) is 0 Å². The molecule has 2 fully saturated rings. The van der Waals surface area contributed by atoms with Crippen LogP contribution in [0.5, 0.6) is 0 Å². The molecule has 3 rings (SSSR count). The van der Waals surface area contributed by atoms with Gasteiger partial charge >= 0.3 is 0 Å². The van der Waals surface area contributed by atoms with Gasteiger partial charge in [-0.2, -0.15) is 0 Å². The summed E-state index contributed by atoms with van der Waals surface area (Å²) < 4.78 is 5.44. The minimum absolute atomic E-state index is 0.731. The molecule has 2 atom stereocenters. The number of rotatable bonds is 4. The largest absolute Gasteiger partial charge is 0.379 e. The van der Waals surface area contributed by atoms with E-state index in [0.29, 0.717) is 0 Å². The molecule has 5 heteroatoms. The van der Waals surface area contributed by atoms with Gasteiger partial charge in [-0.1, -0.05) is 38.1 Å². The van der Waals surface area contributed by atoms with Crippen molar-refractivity contribution in [1.82, 2.24) is 15.1 Å². The van der Waals surface area contributed by atoms with Crippen molar-refractivity contribution in [3.8, 4) is 0 Å². The molecule has 1 aromatic rings. The third kappa shape index (κ3) is 5.45. The highest BCUT2D eigenvalue weighted by Crippen LogP contribution is 2.21. The topological polar surface area (TPSA) is 40.1 Å². The predicted molar refractivity (Wildman–Crippen MR) is 107 cm³/mol. The van der Waals surface area contributed by atoms with E-state index < -0.39 is 0 Å². The second-order valence-corrected chi connectivity index (χ2v) is 7.96. The highest BCUT2D eigenvalue weighted by atomic mass is 16.5. The monoisotopic (exact) mass is 358 g/mol. The maximum absolute atomic E-state index is 5.44. The Morgan fingerprint density at radius 3 is 2.54 bits per heavy atom. The Morgan fingerprint density at radius 2 is 1.85 bits per heavy atom. The standard InChI is InChI=1S/C21H34N4O/c1-17-11-18(2)15-25(14-17)21(22-3)23-13-19-5-4-6-20(12-19)16-24-7-9-26-10-8-24/h4-6,12,17-18H,7-11,13-16H2,1-3H3,(H,22,23). The molecule has 2 unspecified atom stereocenters. The van der Waals surface area contributed by atoms with Gasteiger partial charge in [-0.25, -0.2) is 0 Å². The van der Waals surface area contributed by atoms with Gasteiger partial charge in [0, 0.05) is 46.3 Å². The Morgan fingerprint density at radius 1 is 1.15 bits per heavy atom. The lowest BCUT2D eigenvalue weighted by Crippen LogP contribution is -2.48. The number of hydrogen-bond acceptors (Lipinski definition) is 3. The Kier molecular flexibility index (Phi) is 6.92. The van der Waals surface area contributed by atoms with Gasteiger partial charge in [0.1, 0.15) is 0 Å². The maximum atomic E-state index is 5.44. The lowest BCUT2D eigenvalue weighted by Gasteiger charge is -2.37. The van der Waals surface area contributed by atoms with Gasteiger partial charge < -0.3 is 15.0 Å². The molecular formula is C21H34N4O. The minimum Gasteiger partial charge on any atom is -0.379 e. The molecule has 2 aliphatic rings. The summed E-state index contributed by atoms with van der Waals surface area (Å²) in [5.41, 5.74) is 2.69. The summed E-state index contributed by atoms with van der Waals surface area (Å²) >= 11 is 0. The predicted octanol–water partition coefficient (Wildman–Crippen LogP) is 2.57. The first-order valence-corrected chi connectivity index (χ1v) is 9.97. The second kappa shape index (κ2) is 9.38. The van der Waals surface area contributed by atoms with Crippen LogP contribution in [0.15, 0.2) is 29.3 Å². The Balaban J connectivity index is 1.55. The second-order valence-electron chi connectivity index (χ2n) is 7.96. The number of benzene rings is 1. The molecule has 144 valence electrons. The van der Waals surface area contributed by atoms with Crippen molar-refractivity contribution in [2.24, 2.45) is 16.8 Å². The van der Waals surface area contributed by atoms with Gasteiger partial charge in [-0.05, 0) is 29.4 Å². The fourth-order valence-electron chi connectivity index (χ4n) is 4.20. The highest BCUT2D eigenvalue weighted by molar-refractivity contribution is 5.80. The molecule has 0 aliphatic carbocycles. The molecule has 0 radical (unpaired) electrons. The summed E-state index contributed by atoms with van der Waals surface area (Å²) in [4.78, 5) is 9.40. The van der Waals surface area contributed by atoms with Gasteiger partial charge in [0.15, 0.2) is 5.96 Å². The number of nitrogens with zero attached hydrogens (tertiary/aromatic N) is 3. The molecule has 0 amide bonds. The van der Waals surface area contributed by atoms with Gasteiger partial charge in [0.25, 0.3) is 0 Å². The van der Waals surface area contributed by atoms with Crippen molar-refractivity contribution in [3.63, 3.8) is 0 Å². The molecular weight excluding hydrogens is 324 g/mol. The van der Waals surface area contributed by atoms with Crippen LogP contribution >= 0.6 is 0 Å². The summed E-state index contributed by atoms with van der Waals surface area (Å²) in [7, 11) is 1.89. The lowest BCUT2D eigenvalue weighted by atomic mass is 9.92. The Hall–Kier alpha value is -1.59. The molecule has 2 aliphatic heterocycles. The number of likely N-dealkylation sites (tertiary alicyclic amines) is 1. The van der Waals surface area contributed by atoms with Crippen LogP contribution < -0.4 is 5.32 Å². The molecule has 0 aromatic heterocycles. The number of hydrogen-bond donors (Lipinski definition) is 1. The van der Waals surface area contributed by atoms with E-state index in [1.165, 1.54) is 17.5 Å². The number of piperidine rings is 1. The van der Waals surface area contributed by atoms with Crippen LogP contribution in [0.4, 0.5) is 0 Å². The van der Waals surface area contributed by atoms with Crippen LogP contribution in [-0.4, -0.2) is 62.2 Å². The van der Waals surface area contributed by atoms with E-state index in [4.69, 9.17) is 4.74 Å². The van der Waals surface area contributed by atoms with Crippen LogP contribution in [0.2, 0.25) is 0 Å². The van der Waals surface area contributed by atoms with Crippen LogP contribution in [0.1, 0.15) is 31.4 Å². The first kappa shape index (κ1) is 19.2. The lowest BCUT2D eigenvalue weighted by molar-refractivity contribution is 0.0342. The average Bonchev–Trinajstić information content (AvgIpc) is 2.63. The van der Waals surface area contributed by atoms with Crippen molar-refractivity contribution in [1.29, 1.82) is 0 Å². The van der Waals surface area contributed by atoms with Crippen LogP contribution in [0, 0.1) is 11.8 Å². The van der Waals surface area contributed by atoms with Gasteiger partial charge in [0.05, 0.1) is 13.2 Å². The summed E-state index contributed by atoms with van der Waals surface area (Å²) in [6, 6.07) is 8.91. The van der Waals surface area contributed by atoms with E-state index in [-0.39, 0.29) is 0 Å². The van der Waals surface area contributed by atoms with Crippen molar-refractivity contribution >= 4 is 5.96 Å². The quantitative estimate of drug-likeness (QED) is 0.663. The molecule has 0 saturated carbocycles. The minimum atomic E-state index is 0.731. The molecule has 5 nitrogen and oxygen atoms in total. The molecule has 0 bridgehead atoms. The zero-order valence-corrected chi connectivity index (χ0v) is 16.6. The molecule has 1 N–H and O–H groups in total. The van der Waals surface area contributed by atoms with Crippen LogP contribution in [0.25, 0.3) is 0 Å². The maximum Gasteiger partial charge on any atom is 0.193 e. The normalized spacial score (nSPS) is 25.3. The smallest absolute Gasteiger partial charge is 0.193 e. The fraction of sp³-hybridized carbons (Fsp3) is 0.667. The number of guanidine groups is 1.